The first-order chi connectivity index (χ1) is 10.1. The highest BCUT2D eigenvalue weighted by Gasteiger charge is 2.28. The molecule has 2 aromatic rings. The molecule has 3 heteroatoms. The summed E-state index contributed by atoms with van der Waals surface area (Å²) in [6.07, 6.45) is 6.42. The smallest absolute Gasteiger partial charge is 0.128 e. The van der Waals surface area contributed by atoms with Crippen molar-refractivity contribution in [3.8, 4) is 0 Å². The van der Waals surface area contributed by atoms with Crippen molar-refractivity contribution >= 4 is 11.3 Å². The number of anilines is 1. The van der Waals surface area contributed by atoms with Crippen molar-refractivity contribution in [3.05, 3.63) is 83.7 Å². The van der Waals surface area contributed by atoms with Gasteiger partial charge >= 0.3 is 0 Å². The largest absolute Gasteiger partial charge is 0.399 e. The third-order valence-electron chi connectivity index (χ3n) is 3.84. The minimum absolute atomic E-state index is 0.269. The molecule has 2 aromatic carbocycles. The molecule has 1 unspecified atom stereocenters. The molecule has 1 aliphatic carbocycles. The van der Waals surface area contributed by atoms with Crippen LogP contribution < -0.4 is 11.5 Å². The van der Waals surface area contributed by atoms with Crippen molar-refractivity contribution in [2.45, 2.75) is 12.0 Å². The summed E-state index contributed by atoms with van der Waals surface area (Å²) in [5.41, 5.74) is 14.7. The summed E-state index contributed by atoms with van der Waals surface area (Å²) in [6.45, 7) is 0. The molecule has 106 valence electrons. The summed E-state index contributed by atoms with van der Waals surface area (Å²) in [4.78, 5) is 0. The summed E-state index contributed by atoms with van der Waals surface area (Å²) in [6, 6.07) is 14.3. The van der Waals surface area contributed by atoms with Gasteiger partial charge in [0.2, 0.25) is 0 Å². The second-order valence-electron chi connectivity index (χ2n) is 5.34. The average molecular weight is 280 g/mol. The summed E-state index contributed by atoms with van der Waals surface area (Å²) in [5, 5.41) is 0. The fourth-order valence-electron chi connectivity index (χ4n) is 2.58. The molecule has 3 rings (SSSR count). The van der Waals surface area contributed by atoms with Crippen molar-refractivity contribution in [1.82, 2.24) is 0 Å². The van der Waals surface area contributed by atoms with Crippen LogP contribution in [0, 0.1) is 5.82 Å². The van der Waals surface area contributed by atoms with E-state index >= 15 is 0 Å². The fourth-order valence-corrected chi connectivity index (χ4v) is 2.58. The molecular formula is C18H17FN2. The number of nitrogen functional groups attached to an aromatic ring is 1. The fraction of sp³-hybridized carbons (Fsp3) is 0.111. The molecule has 4 N–H and O–H groups in total. The normalized spacial score (nSPS) is 21.1. The van der Waals surface area contributed by atoms with Crippen LogP contribution in [0.1, 0.15) is 17.5 Å². The van der Waals surface area contributed by atoms with Crippen LogP contribution in [0.2, 0.25) is 0 Å². The first-order valence-electron chi connectivity index (χ1n) is 6.88. The molecule has 1 atom stereocenters. The van der Waals surface area contributed by atoms with E-state index < -0.39 is 5.54 Å². The molecule has 0 aromatic heterocycles. The standard InChI is InChI=1S/C18H17FN2/c19-17-4-2-1-3-16(17)18(21)11-9-14(10-12-18)13-5-7-15(20)8-6-13/h1-11H,12,20-21H2. The Balaban J connectivity index is 1.89. The zero-order valence-corrected chi connectivity index (χ0v) is 11.6. The van der Waals surface area contributed by atoms with Crippen LogP contribution in [-0.2, 0) is 5.54 Å². The van der Waals surface area contributed by atoms with Crippen molar-refractivity contribution in [3.63, 3.8) is 0 Å². The van der Waals surface area contributed by atoms with E-state index in [1.807, 2.05) is 42.5 Å². The lowest BCUT2D eigenvalue weighted by atomic mass is 9.82. The van der Waals surface area contributed by atoms with Crippen molar-refractivity contribution in [2.24, 2.45) is 5.73 Å². The molecule has 0 saturated carbocycles. The van der Waals surface area contributed by atoms with E-state index in [-0.39, 0.29) is 5.82 Å². The Kier molecular flexibility index (Phi) is 3.35. The van der Waals surface area contributed by atoms with E-state index in [0.29, 0.717) is 12.0 Å². The molecule has 0 aliphatic heterocycles. The lowest BCUT2D eigenvalue weighted by molar-refractivity contribution is 0.511. The van der Waals surface area contributed by atoms with Gasteiger partial charge in [-0.2, -0.15) is 0 Å². The van der Waals surface area contributed by atoms with Crippen LogP contribution in [0.5, 0.6) is 0 Å². The third kappa shape index (κ3) is 2.60. The number of hydrogen-bond donors (Lipinski definition) is 2. The second-order valence-corrected chi connectivity index (χ2v) is 5.34. The Bertz CT molecular complexity index is 716. The molecular weight excluding hydrogens is 263 g/mol. The maximum absolute atomic E-state index is 13.9. The van der Waals surface area contributed by atoms with E-state index in [1.165, 1.54) is 6.07 Å². The van der Waals surface area contributed by atoms with Crippen LogP contribution in [0.25, 0.3) is 5.57 Å². The van der Waals surface area contributed by atoms with Gasteiger partial charge in [0.05, 0.1) is 5.54 Å². The molecule has 0 radical (unpaired) electrons. The zero-order chi connectivity index (χ0) is 14.9. The van der Waals surface area contributed by atoms with E-state index in [1.54, 1.807) is 18.2 Å². The summed E-state index contributed by atoms with van der Waals surface area (Å²) < 4.78 is 13.9. The second kappa shape index (κ2) is 5.19. The first kappa shape index (κ1) is 13.6. The predicted molar refractivity (Wildman–Crippen MR) is 84.9 cm³/mol. The maximum Gasteiger partial charge on any atom is 0.128 e. The van der Waals surface area contributed by atoms with Crippen molar-refractivity contribution in [2.75, 3.05) is 5.73 Å². The number of hydrogen-bond acceptors (Lipinski definition) is 2. The predicted octanol–water partition coefficient (Wildman–Crippen LogP) is 3.61. The number of nitrogens with two attached hydrogens (primary N) is 2. The highest BCUT2D eigenvalue weighted by Crippen LogP contribution is 2.33. The Morgan fingerprint density at radius 1 is 1.00 bits per heavy atom. The van der Waals surface area contributed by atoms with E-state index in [0.717, 1.165) is 16.8 Å². The molecule has 0 fully saturated rings. The lowest BCUT2D eigenvalue weighted by Gasteiger charge is -2.29. The summed E-state index contributed by atoms with van der Waals surface area (Å²) in [7, 11) is 0. The molecule has 2 nitrogen and oxygen atoms in total. The van der Waals surface area contributed by atoms with Crippen LogP contribution in [0.15, 0.2) is 66.8 Å². The van der Waals surface area contributed by atoms with Gasteiger partial charge in [0.15, 0.2) is 0 Å². The molecule has 0 saturated heterocycles. The van der Waals surface area contributed by atoms with Crippen LogP contribution in [0.4, 0.5) is 10.1 Å². The molecule has 0 bridgehead atoms. The Morgan fingerprint density at radius 3 is 2.33 bits per heavy atom. The SMILES string of the molecule is Nc1ccc(C2=CCC(N)(c3ccccc3F)C=C2)cc1. The van der Waals surface area contributed by atoms with Gasteiger partial charge in [0, 0.05) is 11.3 Å². The minimum Gasteiger partial charge on any atom is -0.399 e. The van der Waals surface area contributed by atoms with Gasteiger partial charge in [-0.1, -0.05) is 48.6 Å². The zero-order valence-electron chi connectivity index (χ0n) is 11.6. The quantitative estimate of drug-likeness (QED) is 0.826. The van der Waals surface area contributed by atoms with Gasteiger partial charge in [-0.15, -0.1) is 0 Å². The van der Waals surface area contributed by atoms with Gasteiger partial charge < -0.3 is 11.5 Å². The number of benzene rings is 2. The summed E-state index contributed by atoms with van der Waals surface area (Å²) >= 11 is 0. The molecule has 0 heterocycles. The minimum atomic E-state index is -0.789. The lowest BCUT2D eigenvalue weighted by Crippen LogP contribution is -2.36. The van der Waals surface area contributed by atoms with Gasteiger partial charge in [-0.25, -0.2) is 4.39 Å². The Labute approximate surface area is 123 Å². The first-order valence-corrected chi connectivity index (χ1v) is 6.88. The van der Waals surface area contributed by atoms with Crippen LogP contribution >= 0.6 is 0 Å². The number of allylic oxidation sites excluding steroid dienone is 2. The van der Waals surface area contributed by atoms with Gasteiger partial charge in [0.1, 0.15) is 5.82 Å². The third-order valence-corrected chi connectivity index (χ3v) is 3.84. The van der Waals surface area contributed by atoms with Crippen LogP contribution in [-0.4, -0.2) is 0 Å². The topological polar surface area (TPSA) is 52.0 Å². The molecule has 21 heavy (non-hydrogen) atoms. The molecule has 0 amide bonds. The van der Waals surface area contributed by atoms with E-state index in [2.05, 4.69) is 0 Å². The van der Waals surface area contributed by atoms with Gasteiger partial charge in [-0.3, -0.25) is 0 Å². The maximum atomic E-state index is 13.9. The average Bonchev–Trinajstić information content (AvgIpc) is 2.49. The molecule has 1 aliphatic rings. The monoisotopic (exact) mass is 280 g/mol. The Morgan fingerprint density at radius 2 is 1.71 bits per heavy atom. The van der Waals surface area contributed by atoms with Crippen molar-refractivity contribution in [1.29, 1.82) is 0 Å². The highest BCUT2D eigenvalue weighted by atomic mass is 19.1. The van der Waals surface area contributed by atoms with Crippen molar-refractivity contribution < 1.29 is 4.39 Å². The van der Waals surface area contributed by atoms with Gasteiger partial charge in [-0.05, 0) is 35.8 Å². The van der Waals surface area contributed by atoms with E-state index in [4.69, 9.17) is 11.5 Å². The Hall–Kier alpha value is -2.39. The van der Waals surface area contributed by atoms with E-state index in [9.17, 15) is 4.39 Å². The van der Waals surface area contributed by atoms with Crippen LogP contribution in [0.3, 0.4) is 0 Å². The van der Waals surface area contributed by atoms with Gasteiger partial charge in [0.25, 0.3) is 0 Å². The molecule has 0 spiro atoms. The highest BCUT2D eigenvalue weighted by molar-refractivity contribution is 5.76. The number of rotatable bonds is 2. The number of halogens is 1. The summed E-state index contributed by atoms with van der Waals surface area (Å²) in [5.74, 6) is -0.269.